The fraction of sp³-hybridized carbons (Fsp3) is 0.136. The van der Waals surface area contributed by atoms with E-state index in [2.05, 4.69) is 15.0 Å². The SMILES string of the molecule is O=c1[nH]c(Cc2c[nH]c3ncccc23)nc2cc(-c3ccc4c(c3)OCCO4)sc12. The highest BCUT2D eigenvalue weighted by atomic mass is 32.1. The van der Waals surface area contributed by atoms with Crippen LogP contribution in [0.1, 0.15) is 11.4 Å². The highest BCUT2D eigenvalue weighted by molar-refractivity contribution is 7.22. The normalized spacial score (nSPS) is 13.2. The van der Waals surface area contributed by atoms with Crippen LogP contribution in [0.3, 0.4) is 0 Å². The van der Waals surface area contributed by atoms with E-state index in [0.717, 1.165) is 38.5 Å². The topological polar surface area (TPSA) is 92.9 Å². The van der Waals surface area contributed by atoms with Crippen molar-refractivity contribution in [1.82, 2.24) is 19.9 Å². The maximum atomic E-state index is 12.7. The predicted octanol–water partition coefficient (Wildman–Crippen LogP) is 3.89. The molecule has 0 saturated heterocycles. The largest absolute Gasteiger partial charge is 0.486 e. The summed E-state index contributed by atoms with van der Waals surface area (Å²) in [5.41, 5.74) is 3.42. The number of thiophene rings is 1. The molecule has 0 fully saturated rings. The molecule has 6 rings (SSSR count). The second-order valence-electron chi connectivity index (χ2n) is 7.09. The number of ether oxygens (including phenoxy) is 2. The molecule has 0 amide bonds. The van der Waals surface area contributed by atoms with E-state index in [1.54, 1.807) is 6.20 Å². The van der Waals surface area contributed by atoms with Crippen LogP contribution in [0.5, 0.6) is 11.5 Å². The first-order chi connectivity index (χ1) is 14.7. The van der Waals surface area contributed by atoms with E-state index >= 15 is 0 Å². The van der Waals surface area contributed by atoms with E-state index < -0.39 is 0 Å². The van der Waals surface area contributed by atoms with Crippen LogP contribution in [-0.4, -0.2) is 33.1 Å². The molecular weight excluding hydrogens is 400 g/mol. The van der Waals surface area contributed by atoms with E-state index in [9.17, 15) is 4.79 Å². The summed E-state index contributed by atoms with van der Waals surface area (Å²) >= 11 is 1.43. The molecule has 0 atom stereocenters. The van der Waals surface area contributed by atoms with Gasteiger partial charge >= 0.3 is 0 Å². The summed E-state index contributed by atoms with van der Waals surface area (Å²) in [4.78, 5) is 28.8. The number of aromatic nitrogens is 4. The molecule has 0 bridgehead atoms. The molecule has 0 aliphatic carbocycles. The third kappa shape index (κ3) is 2.84. The van der Waals surface area contributed by atoms with Crippen molar-refractivity contribution in [2.45, 2.75) is 6.42 Å². The molecule has 5 heterocycles. The van der Waals surface area contributed by atoms with Gasteiger partial charge in [-0.2, -0.15) is 0 Å². The van der Waals surface area contributed by atoms with Crippen molar-refractivity contribution >= 4 is 32.6 Å². The third-order valence-electron chi connectivity index (χ3n) is 5.15. The van der Waals surface area contributed by atoms with Crippen LogP contribution in [-0.2, 0) is 6.42 Å². The molecule has 8 heteroatoms. The third-order valence-corrected chi connectivity index (χ3v) is 6.33. The van der Waals surface area contributed by atoms with E-state index in [1.807, 2.05) is 42.6 Å². The van der Waals surface area contributed by atoms with Gasteiger partial charge in [0, 0.05) is 29.1 Å². The van der Waals surface area contributed by atoms with Gasteiger partial charge in [0.2, 0.25) is 0 Å². The first-order valence-corrected chi connectivity index (χ1v) is 10.4. The Kier molecular flexibility index (Phi) is 3.85. The van der Waals surface area contributed by atoms with Crippen molar-refractivity contribution in [3.05, 3.63) is 70.5 Å². The maximum absolute atomic E-state index is 12.7. The van der Waals surface area contributed by atoms with Crippen molar-refractivity contribution < 1.29 is 9.47 Å². The van der Waals surface area contributed by atoms with E-state index in [1.165, 1.54) is 11.3 Å². The average molecular weight is 416 g/mol. The first kappa shape index (κ1) is 17.2. The van der Waals surface area contributed by atoms with Crippen molar-refractivity contribution in [2.24, 2.45) is 0 Å². The molecular formula is C22H16N4O3S. The molecule has 1 aliphatic rings. The van der Waals surface area contributed by atoms with Crippen LogP contribution in [0.25, 0.3) is 31.7 Å². The standard InChI is InChI=1S/C22H16N4O3S/c27-22-20-15(10-18(30-20)12-3-4-16-17(8-12)29-7-6-28-16)25-19(26-22)9-13-11-24-21-14(13)2-1-5-23-21/h1-5,8,10-11H,6-7,9H2,(H,23,24)(H,25,26,27). The number of nitrogens with zero attached hydrogens (tertiary/aromatic N) is 2. The highest BCUT2D eigenvalue weighted by Crippen LogP contribution is 2.38. The maximum Gasteiger partial charge on any atom is 0.268 e. The van der Waals surface area contributed by atoms with Gasteiger partial charge in [-0.15, -0.1) is 11.3 Å². The van der Waals surface area contributed by atoms with Gasteiger partial charge < -0.3 is 19.4 Å². The minimum absolute atomic E-state index is 0.123. The zero-order chi connectivity index (χ0) is 20.1. The molecule has 0 saturated carbocycles. The van der Waals surface area contributed by atoms with E-state index in [-0.39, 0.29) is 5.56 Å². The quantitative estimate of drug-likeness (QED) is 0.465. The summed E-state index contributed by atoms with van der Waals surface area (Å²) in [5.74, 6) is 2.10. The van der Waals surface area contributed by atoms with Gasteiger partial charge in [0.15, 0.2) is 11.5 Å². The van der Waals surface area contributed by atoms with Crippen LogP contribution in [0.4, 0.5) is 0 Å². The Balaban J connectivity index is 1.39. The smallest absolute Gasteiger partial charge is 0.268 e. The Morgan fingerprint density at radius 2 is 2.00 bits per heavy atom. The second-order valence-corrected chi connectivity index (χ2v) is 8.14. The minimum atomic E-state index is -0.123. The molecule has 0 unspecified atom stereocenters. The number of hydrogen-bond donors (Lipinski definition) is 2. The molecule has 5 aromatic rings. The molecule has 0 spiro atoms. The Hall–Kier alpha value is -3.65. The molecule has 148 valence electrons. The molecule has 1 aliphatic heterocycles. The molecule has 2 N–H and O–H groups in total. The molecule has 7 nitrogen and oxygen atoms in total. The van der Waals surface area contributed by atoms with E-state index in [4.69, 9.17) is 14.5 Å². The second kappa shape index (κ2) is 6.70. The highest BCUT2D eigenvalue weighted by Gasteiger charge is 2.16. The monoisotopic (exact) mass is 416 g/mol. The number of H-pyrrole nitrogens is 2. The lowest BCUT2D eigenvalue weighted by molar-refractivity contribution is 0.171. The van der Waals surface area contributed by atoms with E-state index in [0.29, 0.717) is 35.7 Å². The van der Waals surface area contributed by atoms with Gasteiger partial charge in [0.25, 0.3) is 5.56 Å². The van der Waals surface area contributed by atoms with Crippen LogP contribution in [0.15, 0.2) is 53.6 Å². The first-order valence-electron chi connectivity index (χ1n) is 9.58. The number of aromatic amines is 2. The number of nitrogens with one attached hydrogen (secondary N) is 2. The zero-order valence-corrected chi connectivity index (χ0v) is 16.6. The van der Waals surface area contributed by atoms with Gasteiger partial charge in [-0.3, -0.25) is 4.79 Å². The van der Waals surface area contributed by atoms with Crippen molar-refractivity contribution in [3.8, 4) is 21.9 Å². The van der Waals surface area contributed by atoms with Crippen LogP contribution in [0, 0.1) is 0 Å². The van der Waals surface area contributed by atoms with Crippen molar-refractivity contribution in [2.75, 3.05) is 13.2 Å². The van der Waals surface area contributed by atoms with Crippen LogP contribution >= 0.6 is 11.3 Å². The summed E-state index contributed by atoms with van der Waals surface area (Å²) in [6, 6.07) is 11.7. The van der Waals surface area contributed by atoms with Gasteiger partial charge in [0.05, 0.1) is 5.52 Å². The zero-order valence-electron chi connectivity index (χ0n) is 15.8. The fourth-order valence-corrected chi connectivity index (χ4v) is 4.74. The van der Waals surface area contributed by atoms with Crippen LogP contribution < -0.4 is 15.0 Å². The number of fused-ring (bicyclic) bond motifs is 3. The van der Waals surface area contributed by atoms with Crippen molar-refractivity contribution in [3.63, 3.8) is 0 Å². The lowest BCUT2D eigenvalue weighted by atomic mass is 10.1. The van der Waals surface area contributed by atoms with Gasteiger partial charge in [-0.05, 0) is 47.5 Å². The Labute approximate surface area is 174 Å². The van der Waals surface area contributed by atoms with Gasteiger partial charge in [0.1, 0.15) is 29.4 Å². The number of hydrogen-bond acceptors (Lipinski definition) is 6. The molecule has 0 radical (unpaired) electrons. The summed E-state index contributed by atoms with van der Waals surface area (Å²) in [6.45, 7) is 1.10. The van der Waals surface area contributed by atoms with Crippen molar-refractivity contribution in [1.29, 1.82) is 0 Å². The molecule has 30 heavy (non-hydrogen) atoms. The Morgan fingerprint density at radius 1 is 1.10 bits per heavy atom. The summed E-state index contributed by atoms with van der Waals surface area (Å²) in [6.07, 6.45) is 4.18. The predicted molar refractivity (Wildman–Crippen MR) is 116 cm³/mol. The fourth-order valence-electron chi connectivity index (χ4n) is 3.75. The average Bonchev–Trinajstić information content (AvgIpc) is 3.38. The Morgan fingerprint density at radius 3 is 2.93 bits per heavy atom. The molecule has 4 aromatic heterocycles. The lowest BCUT2D eigenvalue weighted by Crippen LogP contribution is -2.15. The number of pyridine rings is 1. The summed E-state index contributed by atoms with van der Waals surface area (Å²) < 4.78 is 11.9. The van der Waals surface area contributed by atoms with Crippen LogP contribution in [0.2, 0.25) is 0 Å². The lowest BCUT2D eigenvalue weighted by Gasteiger charge is -2.18. The molecule has 1 aromatic carbocycles. The summed E-state index contributed by atoms with van der Waals surface area (Å²) in [5, 5.41) is 1.03. The number of rotatable bonds is 3. The Bertz CT molecular complexity index is 1470. The number of benzene rings is 1. The van der Waals surface area contributed by atoms with Gasteiger partial charge in [-0.1, -0.05) is 0 Å². The van der Waals surface area contributed by atoms with Gasteiger partial charge in [-0.25, -0.2) is 9.97 Å². The minimum Gasteiger partial charge on any atom is -0.486 e. The summed E-state index contributed by atoms with van der Waals surface area (Å²) in [7, 11) is 0.